The molecule has 2 amide bonds. The molecule has 8 nitrogen and oxygen atoms in total. The lowest BCUT2D eigenvalue weighted by atomic mass is 9.89. The van der Waals surface area contributed by atoms with Crippen molar-refractivity contribution in [1.82, 2.24) is 19.8 Å². The van der Waals surface area contributed by atoms with Crippen molar-refractivity contribution in [1.29, 1.82) is 0 Å². The Kier molecular flexibility index (Phi) is 3.48. The van der Waals surface area contributed by atoms with E-state index in [1.807, 2.05) is 7.05 Å². The minimum atomic E-state index is -0.829. The van der Waals surface area contributed by atoms with Crippen LogP contribution in [-0.2, 0) is 26.2 Å². The number of imide groups is 1. The topological polar surface area (TPSA) is 93.5 Å². The Labute approximate surface area is 127 Å². The molecule has 0 aromatic carbocycles. The highest BCUT2D eigenvalue weighted by molar-refractivity contribution is 6.08. The molecule has 3 heterocycles. The second kappa shape index (κ2) is 5.20. The first-order valence-corrected chi connectivity index (χ1v) is 7.17. The summed E-state index contributed by atoms with van der Waals surface area (Å²) in [4.78, 5) is 42.5. The van der Waals surface area contributed by atoms with Gasteiger partial charge in [-0.2, -0.15) is 0 Å². The van der Waals surface area contributed by atoms with Crippen molar-refractivity contribution in [3.8, 4) is 0 Å². The molecule has 2 aliphatic heterocycles. The number of aromatic nitrogens is 2. The zero-order chi connectivity index (χ0) is 16.0. The number of likely N-dealkylation sites (tertiary alicyclic amines) is 1. The number of methoxy groups -OCH3 is 1. The lowest BCUT2D eigenvalue weighted by Gasteiger charge is -2.20. The van der Waals surface area contributed by atoms with Gasteiger partial charge in [0.15, 0.2) is 0 Å². The van der Waals surface area contributed by atoms with E-state index in [9.17, 15) is 14.4 Å². The van der Waals surface area contributed by atoms with Gasteiger partial charge in [-0.15, -0.1) is 0 Å². The van der Waals surface area contributed by atoms with E-state index in [-0.39, 0.29) is 11.8 Å². The third kappa shape index (κ3) is 1.87. The molecule has 0 aliphatic carbocycles. The number of nitrogens with zero attached hydrogens (tertiary/aromatic N) is 3. The Balaban J connectivity index is 2.04. The molecule has 1 N–H and O–H groups in total. The number of esters is 1. The van der Waals surface area contributed by atoms with Crippen LogP contribution in [0.15, 0.2) is 12.4 Å². The highest BCUT2D eigenvalue weighted by Gasteiger charge is 2.61. The molecule has 0 radical (unpaired) electrons. The number of hydrogen-bond acceptors (Lipinski definition) is 6. The normalized spacial score (nSPS) is 30.8. The summed E-state index contributed by atoms with van der Waals surface area (Å²) in [5.41, 5.74) is 0. The van der Waals surface area contributed by atoms with Gasteiger partial charge in [-0.1, -0.05) is 0 Å². The molecule has 0 unspecified atom stereocenters. The van der Waals surface area contributed by atoms with Crippen LogP contribution in [0.5, 0.6) is 0 Å². The largest absolute Gasteiger partial charge is 0.468 e. The Morgan fingerprint density at radius 1 is 1.36 bits per heavy atom. The first-order chi connectivity index (χ1) is 10.5. The fourth-order valence-corrected chi connectivity index (χ4v) is 3.44. The number of hydrogen-bond donors (Lipinski definition) is 1. The molecule has 1 aromatic heterocycles. The van der Waals surface area contributed by atoms with Gasteiger partial charge in [0.05, 0.1) is 25.0 Å². The van der Waals surface area contributed by atoms with E-state index >= 15 is 0 Å². The molecular weight excluding hydrogens is 288 g/mol. The smallest absolute Gasteiger partial charge is 0.323 e. The highest BCUT2D eigenvalue weighted by atomic mass is 16.5. The molecule has 0 saturated carbocycles. The van der Waals surface area contributed by atoms with Gasteiger partial charge in [0, 0.05) is 26.0 Å². The van der Waals surface area contributed by atoms with Crippen molar-refractivity contribution in [3.63, 3.8) is 0 Å². The van der Waals surface area contributed by atoms with E-state index in [4.69, 9.17) is 4.74 Å². The predicted molar refractivity (Wildman–Crippen MR) is 74.3 cm³/mol. The summed E-state index contributed by atoms with van der Waals surface area (Å²) in [6, 6.07) is -1.31. The van der Waals surface area contributed by atoms with E-state index in [0.29, 0.717) is 12.4 Å². The van der Waals surface area contributed by atoms with Gasteiger partial charge in [-0.25, -0.2) is 4.98 Å². The molecule has 8 heteroatoms. The zero-order valence-corrected chi connectivity index (χ0v) is 12.6. The minimum absolute atomic E-state index is 0.260. The van der Waals surface area contributed by atoms with Crippen LogP contribution >= 0.6 is 0 Å². The molecular formula is C14H18N4O4. The molecule has 0 bridgehead atoms. The number of fused-ring (bicyclic) bond motifs is 1. The summed E-state index contributed by atoms with van der Waals surface area (Å²) < 4.78 is 6.56. The summed E-state index contributed by atoms with van der Waals surface area (Å²) in [7, 11) is 3.08. The van der Waals surface area contributed by atoms with E-state index < -0.39 is 29.9 Å². The zero-order valence-electron chi connectivity index (χ0n) is 12.6. The summed E-state index contributed by atoms with van der Waals surface area (Å²) >= 11 is 0. The molecule has 2 fully saturated rings. The Morgan fingerprint density at radius 2 is 2.05 bits per heavy atom. The number of imidazole rings is 1. The Morgan fingerprint density at radius 3 is 2.59 bits per heavy atom. The SMILES string of the molecule is CCN1C(=O)[C@@H]2[C@H](C1=O)[C@H](c1nccn1C)N[C@@H]2C(=O)OC. The monoisotopic (exact) mass is 306 g/mol. The first kappa shape index (κ1) is 14.7. The van der Waals surface area contributed by atoms with Gasteiger partial charge in [-0.05, 0) is 6.92 Å². The average molecular weight is 306 g/mol. The molecule has 4 atom stereocenters. The summed E-state index contributed by atoms with van der Waals surface area (Å²) in [6.45, 7) is 2.04. The van der Waals surface area contributed by atoms with Crippen LogP contribution in [-0.4, -0.2) is 51.9 Å². The number of ether oxygens (including phenoxy) is 1. The van der Waals surface area contributed by atoms with Crippen molar-refractivity contribution >= 4 is 17.8 Å². The number of amides is 2. The van der Waals surface area contributed by atoms with Gasteiger partial charge in [0.2, 0.25) is 11.8 Å². The maximum Gasteiger partial charge on any atom is 0.323 e. The van der Waals surface area contributed by atoms with Crippen LogP contribution in [0.4, 0.5) is 0 Å². The van der Waals surface area contributed by atoms with E-state index in [1.54, 1.807) is 23.9 Å². The van der Waals surface area contributed by atoms with Crippen LogP contribution in [0.3, 0.4) is 0 Å². The van der Waals surface area contributed by atoms with Crippen molar-refractivity contribution in [2.24, 2.45) is 18.9 Å². The molecule has 2 aliphatic rings. The minimum Gasteiger partial charge on any atom is -0.468 e. The molecule has 3 rings (SSSR count). The number of carbonyl (C=O) groups excluding carboxylic acids is 3. The third-order valence-corrected chi connectivity index (χ3v) is 4.47. The average Bonchev–Trinajstić information content (AvgIpc) is 3.15. The van der Waals surface area contributed by atoms with Gasteiger partial charge in [-0.3, -0.25) is 24.6 Å². The lowest BCUT2D eigenvalue weighted by Crippen LogP contribution is -2.43. The van der Waals surface area contributed by atoms with Crippen molar-refractivity contribution in [2.45, 2.75) is 19.0 Å². The number of carbonyl (C=O) groups is 3. The predicted octanol–water partition coefficient (Wildman–Crippen LogP) is -0.773. The molecule has 22 heavy (non-hydrogen) atoms. The van der Waals surface area contributed by atoms with E-state index in [1.165, 1.54) is 12.0 Å². The Bertz CT molecular complexity index is 641. The molecule has 0 spiro atoms. The quantitative estimate of drug-likeness (QED) is 0.582. The van der Waals surface area contributed by atoms with Gasteiger partial charge < -0.3 is 9.30 Å². The van der Waals surface area contributed by atoms with Crippen LogP contribution in [0.1, 0.15) is 18.8 Å². The highest BCUT2D eigenvalue weighted by Crippen LogP contribution is 2.43. The van der Waals surface area contributed by atoms with Crippen molar-refractivity contribution < 1.29 is 19.1 Å². The van der Waals surface area contributed by atoms with E-state index in [0.717, 1.165) is 0 Å². The molecule has 2 saturated heterocycles. The lowest BCUT2D eigenvalue weighted by molar-refractivity contribution is -0.148. The van der Waals surface area contributed by atoms with Crippen LogP contribution in [0, 0.1) is 11.8 Å². The number of nitrogens with one attached hydrogen (secondary N) is 1. The Hall–Kier alpha value is -2.22. The number of rotatable bonds is 3. The maximum absolute atomic E-state index is 12.6. The van der Waals surface area contributed by atoms with Gasteiger partial charge >= 0.3 is 5.97 Å². The number of aryl methyl sites for hydroxylation is 1. The van der Waals surface area contributed by atoms with Crippen LogP contribution < -0.4 is 5.32 Å². The fraction of sp³-hybridized carbons (Fsp3) is 0.571. The van der Waals surface area contributed by atoms with Crippen LogP contribution in [0.2, 0.25) is 0 Å². The van der Waals surface area contributed by atoms with Crippen molar-refractivity contribution in [3.05, 3.63) is 18.2 Å². The van der Waals surface area contributed by atoms with Gasteiger partial charge in [0.25, 0.3) is 0 Å². The summed E-state index contributed by atoms with van der Waals surface area (Å²) in [6.07, 6.45) is 3.38. The summed E-state index contributed by atoms with van der Waals surface area (Å²) in [5.74, 6) is -1.85. The summed E-state index contributed by atoms with van der Waals surface area (Å²) in [5, 5.41) is 3.07. The standard InChI is InChI=1S/C14H18N4O4/c1-4-18-12(19)7-8(13(18)20)10(14(21)22-3)16-9(7)11-15-5-6-17(11)2/h5-10,16H,4H2,1-3H3/t7-,8+,9+,10-/m0/s1. The van der Waals surface area contributed by atoms with E-state index in [2.05, 4.69) is 10.3 Å². The first-order valence-electron chi connectivity index (χ1n) is 7.17. The van der Waals surface area contributed by atoms with Crippen LogP contribution in [0.25, 0.3) is 0 Å². The maximum atomic E-state index is 12.6. The third-order valence-electron chi connectivity index (χ3n) is 4.47. The molecule has 118 valence electrons. The molecule has 1 aromatic rings. The second-order valence-corrected chi connectivity index (χ2v) is 5.51. The fourth-order valence-electron chi connectivity index (χ4n) is 3.44. The van der Waals surface area contributed by atoms with Gasteiger partial charge in [0.1, 0.15) is 11.9 Å². The van der Waals surface area contributed by atoms with Crippen molar-refractivity contribution in [2.75, 3.05) is 13.7 Å². The second-order valence-electron chi connectivity index (χ2n) is 5.51.